The lowest BCUT2D eigenvalue weighted by Crippen LogP contribution is -2.33. The topological polar surface area (TPSA) is 29.1 Å². The number of hydrogen-bond donors (Lipinski definition) is 1. The second kappa shape index (κ2) is 6.26. The summed E-state index contributed by atoms with van der Waals surface area (Å²) in [5.74, 6) is 0.509. The van der Waals surface area contributed by atoms with E-state index < -0.39 is 0 Å². The maximum atomic E-state index is 11.9. The molecule has 0 radical (unpaired) electrons. The van der Waals surface area contributed by atoms with E-state index in [2.05, 4.69) is 21.2 Å². The van der Waals surface area contributed by atoms with Gasteiger partial charge in [0.15, 0.2) is 0 Å². The number of benzene rings is 1. The van der Waals surface area contributed by atoms with E-state index in [1.165, 1.54) is 0 Å². The fourth-order valence-corrected chi connectivity index (χ4v) is 2.06. The maximum absolute atomic E-state index is 11.9. The van der Waals surface area contributed by atoms with E-state index in [0.29, 0.717) is 11.4 Å². The summed E-state index contributed by atoms with van der Waals surface area (Å²) in [6, 6.07) is 5.78. The minimum atomic E-state index is -0.0450. The molecule has 0 bridgehead atoms. The second-order valence-electron chi connectivity index (χ2n) is 3.81. The molecule has 1 rings (SSSR count). The van der Waals surface area contributed by atoms with E-state index in [-0.39, 0.29) is 11.9 Å². The number of amides is 1. The van der Waals surface area contributed by atoms with Crippen molar-refractivity contribution < 1.29 is 4.79 Å². The highest BCUT2D eigenvalue weighted by Crippen LogP contribution is 2.16. The third kappa shape index (κ3) is 3.80. The number of halogens is 2. The first-order valence-corrected chi connectivity index (χ1v) is 6.50. The van der Waals surface area contributed by atoms with Gasteiger partial charge in [-0.25, -0.2) is 0 Å². The third-order valence-corrected chi connectivity index (χ3v) is 3.08. The Morgan fingerprint density at radius 3 is 2.88 bits per heavy atom. The Balaban J connectivity index is 2.76. The van der Waals surface area contributed by atoms with E-state index in [1.807, 2.05) is 32.0 Å². The average molecular weight is 305 g/mol. The average Bonchev–Trinajstić information content (AvgIpc) is 2.21. The van der Waals surface area contributed by atoms with Gasteiger partial charge in [0.05, 0.1) is 0 Å². The fourth-order valence-electron chi connectivity index (χ4n) is 1.38. The minimum Gasteiger partial charge on any atom is -0.350 e. The Morgan fingerprint density at radius 2 is 2.25 bits per heavy atom. The van der Waals surface area contributed by atoms with Crippen LogP contribution in [0, 0.1) is 6.92 Å². The van der Waals surface area contributed by atoms with Gasteiger partial charge in [0, 0.05) is 22.0 Å². The summed E-state index contributed by atoms with van der Waals surface area (Å²) < 4.78 is 0.910. The van der Waals surface area contributed by atoms with Gasteiger partial charge in [0.25, 0.3) is 5.91 Å². The zero-order valence-corrected chi connectivity index (χ0v) is 11.7. The molecule has 1 aromatic rings. The van der Waals surface area contributed by atoms with Crippen molar-refractivity contribution in [3.8, 4) is 0 Å². The molecule has 1 unspecified atom stereocenters. The quantitative estimate of drug-likeness (QED) is 0.848. The highest BCUT2D eigenvalue weighted by Gasteiger charge is 2.11. The normalized spacial score (nSPS) is 12.2. The highest BCUT2D eigenvalue weighted by molar-refractivity contribution is 9.10. The first kappa shape index (κ1) is 13.5. The van der Waals surface area contributed by atoms with Gasteiger partial charge in [-0.15, -0.1) is 11.6 Å². The van der Waals surface area contributed by atoms with Crippen molar-refractivity contribution in [2.24, 2.45) is 0 Å². The lowest BCUT2D eigenvalue weighted by molar-refractivity contribution is 0.0939. The number of hydrogen-bond acceptors (Lipinski definition) is 1. The fraction of sp³-hybridized carbons (Fsp3) is 0.417. The largest absolute Gasteiger partial charge is 0.350 e. The van der Waals surface area contributed by atoms with Crippen LogP contribution < -0.4 is 5.32 Å². The number of carbonyl (C=O) groups is 1. The van der Waals surface area contributed by atoms with Crippen LogP contribution in [0.3, 0.4) is 0 Å². The van der Waals surface area contributed by atoms with Gasteiger partial charge in [0.1, 0.15) is 0 Å². The summed E-state index contributed by atoms with van der Waals surface area (Å²) in [6.45, 7) is 3.88. The van der Waals surface area contributed by atoms with Crippen molar-refractivity contribution in [1.82, 2.24) is 5.32 Å². The van der Waals surface area contributed by atoms with Crippen LogP contribution in [0.1, 0.15) is 29.3 Å². The lowest BCUT2D eigenvalue weighted by atomic mass is 10.1. The Hall–Kier alpha value is -0.540. The molecule has 4 heteroatoms. The second-order valence-corrected chi connectivity index (χ2v) is 5.11. The summed E-state index contributed by atoms with van der Waals surface area (Å²) in [7, 11) is 0. The van der Waals surface area contributed by atoms with Crippen molar-refractivity contribution in [1.29, 1.82) is 0 Å². The maximum Gasteiger partial charge on any atom is 0.251 e. The van der Waals surface area contributed by atoms with Crippen LogP contribution in [-0.2, 0) is 0 Å². The van der Waals surface area contributed by atoms with Crippen molar-refractivity contribution in [3.05, 3.63) is 33.8 Å². The molecule has 0 heterocycles. The lowest BCUT2D eigenvalue weighted by Gasteiger charge is -2.13. The van der Waals surface area contributed by atoms with Crippen LogP contribution in [0.25, 0.3) is 0 Å². The number of nitrogens with one attached hydrogen (secondary N) is 1. The molecule has 2 nitrogen and oxygen atoms in total. The van der Waals surface area contributed by atoms with Gasteiger partial charge in [-0.05, 0) is 38.0 Å². The van der Waals surface area contributed by atoms with E-state index in [4.69, 9.17) is 11.6 Å². The van der Waals surface area contributed by atoms with Crippen molar-refractivity contribution >= 4 is 33.4 Å². The number of aryl methyl sites for hydroxylation is 1. The molecule has 0 aliphatic rings. The van der Waals surface area contributed by atoms with Gasteiger partial charge in [-0.1, -0.05) is 22.0 Å². The SMILES string of the molecule is Cc1ccc(Br)cc1C(=O)NC(C)CCCl. The Bertz CT molecular complexity index is 381. The van der Waals surface area contributed by atoms with Gasteiger partial charge < -0.3 is 5.32 Å². The summed E-state index contributed by atoms with van der Waals surface area (Å²) in [6.07, 6.45) is 0.778. The van der Waals surface area contributed by atoms with E-state index in [1.54, 1.807) is 0 Å². The summed E-state index contributed by atoms with van der Waals surface area (Å²) in [5, 5.41) is 2.92. The molecule has 1 N–H and O–H groups in total. The molecule has 0 aliphatic heterocycles. The molecule has 0 fully saturated rings. The van der Waals surface area contributed by atoms with Gasteiger partial charge in [0.2, 0.25) is 0 Å². The third-order valence-electron chi connectivity index (χ3n) is 2.36. The van der Waals surface area contributed by atoms with Gasteiger partial charge in [-0.2, -0.15) is 0 Å². The predicted octanol–water partition coefficient (Wildman–Crippen LogP) is 3.50. The summed E-state index contributed by atoms with van der Waals surface area (Å²) >= 11 is 8.98. The van der Waals surface area contributed by atoms with Gasteiger partial charge >= 0.3 is 0 Å². The van der Waals surface area contributed by atoms with E-state index >= 15 is 0 Å². The molecule has 88 valence electrons. The molecule has 1 atom stereocenters. The monoisotopic (exact) mass is 303 g/mol. The predicted molar refractivity (Wildman–Crippen MR) is 71.1 cm³/mol. The highest BCUT2D eigenvalue weighted by atomic mass is 79.9. The standard InChI is InChI=1S/C12H15BrClNO/c1-8-3-4-10(13)7-11(8)12(16)15-9(2)5-6-14/h3-4,7,9H,5-6H2,1-2H3,(H,15,16). The first-order valence-electron chi connectivity index (χ1n) is 5.17. The number of alkyl halides is 1. The summed E-state index contributed by atoms with van der Waals surface area (Å²) in [5.41, 5.74) is 1.68. The zero-order valence-electron chi connectivity index (χ0n) is 9.39. The number of carbonyl (C=O) groups excluding carboxylic acids is 1. The molecular formula is C12H15BrClNO. The molecule has 1 aromatic carbocycles. The molecular weight excluding hydrogens is 289 g/mol. The van der Waals surface area contributed by atoms with Crippen LogP contribution in [0.15, 0.2) is 22.7 Å². The van der Waals surface area contributed by atoms with Crippen LogP contribution in [-0.4, -0.2) is 17.8 Å². The Morgan fingerprint density at radius 1 is 1.56 bits per heavy atom. The molecule has 0 aliphatic carbocycles. The van der Waals surface area contributed by atoms with E-state index in [0.717, 1.165) is 16.5 Å². The van der Waals surface area contributed by atoms with Crippen molar-refractivity contribution in [2.45, 2.75) is 26.3 Å². The van der Waals surface area contributed by atoms with E-state index in [9.17, 15) is 4.79 Å². The smallest absolute Gasteiger partial charge is 0.251 e. The van der Waals surface area contributed by atoms with Crippen LogP contribution in [0.5, 0.6) is 0 Å². The first-order chi connectivity index (χ1) is 7.54. The van der Waals surface area contributed by atoms with Gasteiger partial charge in [-0.3, -0.25) is 4.79 Å². The Labute approximate surface area is 110 Å². The molecule has 0 saturated heterocycles. The molecule has 0 spiro atoms. The van der Waals surface area contributed by atoms with Crippen molar-refractivity contribution in [3.63, 3.8) is 0 Å². The molecule has 0 saturated carbocycles. The van der Waals surface area contributed by atoms with Crippen LogP contribution >= 0.6 is 27.5 Å². The van der Waals surface area contributed by atoms with Crippen LogP contribution in [0.2, 0.25) is 0 Å². The molecule has 16 heavy (non-hydrogen) atoms. The minimum absolute atomic E-state index is 0.0450. The zero-order chi connectivity index (χ0) is 12.1. The molecule has 1 amide bonds. The number of rotatable bonds is 4. The van der Waals surface area contributed by atoms with Crippen molar-refractivity contribution in [2.75, 3.05) is 5.88 Å². The Kier molecular flexibility index (Phi) is 5.29. The summed E-state index contributed by atoms with van der Waals surface area (Å²) in [4.78, 5) is 11.9. The molecule has 0 aromatic heterocycles. The van der Waals surface area contributed by atoms with Crippen LogP contribution in [0.4, 0.5) is 0 Å².